The second-order valence-corrected chi connectivity index (χ2v) is 4.56. The van der Waals surface area contributed by atoms with E-state index in [2.05, 4.69) is 20.3 Å². The molecule has 2 aromatic heterocycles. The maximum Gasteiger partial charge on any atom is 0.216 e. The summed E-state index contributed by atoms with van der Waals surface area (Å²) in [5.41, 5.74) is 0.223. The molecule has 2 heterocycles. The van der Waals surface area contributed by atoms with Crippen molar-refractivity contribution in [3.8, 4) is 0 Å². The molecule has 0 saturated heterocycles. The van der Waals surface area contributed by atoms with Crippen LogP contribution in [-0.4, -0.2) is 27.8 Å². The van der Waals surface area contributed by atoms with Crippen LogP contribution in [0.2, 0.25) is 15.3 Å². The number of carbonyl (C=O) groups excluding carboxylic acids is 1. The quantitative estimate of drug-likeness (QED) is 0.881. The van der Waals surface area contributed by atoms with E-state index in [-0.39, 0.29) is 26.6 Å². The first-order valence-electron chi connectivity index (χ1n) is 5.09. The average Bonchev–Trinajstić information content (AvgIpc) is 2.38. The van der Waals surface area contributed by atoms with E-state index in [9.17, 15) is 4.79 Å². The van der Waals surface area contributed by atoms with Gasteiger partial charge < -0.3 is 5.32 Å². The van der Waals surface area contributed by atoms with Crippen LogP contribution in [0.25, 0.3) is 0 Å². The Hall–Kier alpha value is -1.43. The molecule has 0 aromatic carbocycles. The molecule has 0 spiro atoms. The summed E-state index contributed by atoms with van der Waals surface area (Å²) in [6, 6.07) is 1.48. The third kappa shape index (κ3) is 2.78. The fourth-order valence-corrected chi connectivity index (χ4v) is 2.11. The normalized spacial score (nSPS) is 10.3. The number of nitrogens with one attached hydrogen (secondary N) is 1. The number of carbonyl (C=O) groups is 1. The lowest BCUT2D eigenvalue weighted by Gasteiger charge is -2.07. The van der Waals surface area contributed by atoms with Crippen molar-refractivity contribution in [3.63, 3.8) is 0 Å². The third-order valence-electron chi connectivity index (χ3n) is 2.29. The Morgan fingerprint density at radius 1 is 1.26 bits per heavy atom. The SMILES string of the molecule is CNc1nccc(C(=O)c2ncc(Cl)nc2Cl)c1Cl. The van der Waals surface area contributed by atoms with Crippen LogP contribution in [0.15, 0.2) is 18.5 Å². The highest BCUT2D eigenvalue weighted by atomic mass is 35.5. The maximum absolute atomic E-state index is 12.3. The van der Waals surface area contributed by atoms with Crippen molar-refractivity contribution in [1.29, 1.82) is 0 Å². The summed E-state index contributed by atoms with van der Waals surface area (Å²) >= 11 is 17.6. The lowest BCUT2D eigenvalue weighted by molar-refractivity contribution is 0.103. The van der Waals surface area contributed by atoms with Crippen molar-refractivity contribution in [3.05, 3.63) is 45.0 Å². The van der Waals surface area contributed by atoms with Gasteiger partial charge in [0.2, 0.25) is 5.78 Å². The van der Waals surface area contributed by atoms with E-state index in [0.717, 1.165) is 0 Å². The lowest BCUT2D eigenvalue weighted by Crippen LogP contribution is -2.08. The van der Waals surface area contributed by atoms with Gasteiger partial charge in [0.05, 0.1) is 11.2 Å². The standard InChI is InChI=1S/C11H7Cl3N4O/c1-15-11-7(13)5(2-3-16-11)9(19)8-10(14)18-6(12)4-17-8/h2-4H,1H3,(H,15,16). The Labute approximate surface area is 123 Å². The molecule has 2 rings (SSSR count). The first-order valence-corrected chi connectivity index (χ1v) is 6.23. The molecule has 0 atom stereocenters. The van der Waals surface area contributed by atoms with Crippen LogP contribution in [-0.2, 0) is 0 Å². The van der Waals surface area contributed by atoms with Gasteiger partial charge in [0, 0.05) is 18.8 Å². The summed E-state index contributed by atoms with van der Waals surface area (Å²) in [7, 11) is 1.65. The molecule has 98 valence electrons. The second-order valence-electron chi connectivity index (χ2n) is 3.43. The number of rotatable bonds is 3. The van der Waals surface area contributed by atoms with Gasteiger partial charge in [-0.25, -0.2) is 15.0 Å². The molecule has 0 fully saturated rings. The van der Waals surface area contributed by atoms with Gasteiger partial charge in [-0.2, -0.15) is 0 Å². The molecule has 0 saturated carbocycles. The Morgan fingerprint density at radius 2 is 2.00 bits per heavy atom. The van der Waals surface area contributed by atoms with E-state index in [0.29, 0.717) is 5.82 Å². The highest BCUT2D eigenvalue weighted by Crippen LogP contribution is 2.26. The predicted octanol–water partition coefficient (Wildman–Crippen LogP) is 3.10. The molecule has 5 nitrogen and oxygen atoms in total. The molecule has 0 amide bonds. The number of ketones is 1. The molecular weight excluding hydrogens is 311 g/mol. The number of hydrogen-bond acceptors (Lipinski definition) is 5. The summed E-state index contributed by atoms with van der Waals surface area (Å²) in [6.45, 7) is 0. The number of hydrogen-bond donors (Lipinski definition) is 1. The van der Waals surface area contributed by atoms with Gasteiger partial charge in [0.1, 0.15) is 16.7 Å². The predicted molar refractivity (Wildman–Crippen MR) is 74.3 cm³/mol. The Balaban J connectivity index is 2.50. The number of pyridine rings is 1. The monoisotopic (exact) mass is 316 g/mol. The van der Waals surface area contributed by atoms with Crippen LogP contribution >= 0.6 is 34.8 Å². The van der Waals surface area contributed by atoms with Crippen molar-refractivity contribution < 1.29 is 4.79 Å². The van der Waals surface area contributed by atoms with E-state index in [1.807, 2.05) is 0 Å². The highest BCUT2D eigenvalue weighted by Gasteiger charge is 2.20. The molecule has 0 bridgehead atoms. The summed E-state index contributed by atoms with van der Waals surface area (Å²) in [5, 5.41) is 3.01. The zero-order valence-corrected chi connectivity index (χ0v) is 11.9. The van der Waals surface area contributed by atoms with Crippen LogP contribution in [0, 0.1) is 0 Å². The van der Waals surface area contributed by atoms with E-state index >= 15 is 0 Å². The summed E-state index contributed by atoms with van der Waals surface area (Å²) < 4.78 is 0. The number of anilines is 1. The third-order valence-corrected chi connectivity index (χ3v) is 3.11. The van der Waals surface area contributed by atoms with Crippen LogP contribution in [0.4, 0.5) is 5.82 Å². The van der Waals surface area contributed by atoms with Gasteiger partial charge in [-0.15, -0.1) is 0 Å². The minimum Gasteiger partial charge on any atom is -0.372 e. The highest BCUT2D eigenvalue weighted by molar-refractivity contribution is 6.39. The van der Waals surface area contributed by atoms with Crippen molar-refractivity contribution in [2.24, 2.45) is 0 Å². The zero-order valence-electron chi connectivity index (χ0n) is 9.62. The average molecular weight is 318 g/mol. The molecule has 19 heavy (non-hydrogen) atoms. The largest absolute Gasteiger partial charge is 0.372 e. The topological polar surface area (TPSA) is 67.8 Å². The van der Waals surface area contributed by atoms with E-state index in [1.165, 1.54) is 18.5 Å². The number of nitrogens with zero attached hydrogens (tertiary/aromatic N) is 3. The van der Waals surface area contributed by atoms with Crippen LogP contribution in [0.3, 0.4) is 0 Å². The van der Waals surface area contributed by atoms with E-state index in [1.54, 1.807) is 7.05 Å². The summed E-state index contributed by atoms with van der Waals surface area (Å²) in [6.07, 6.45) is 2.71. The first-order chi connectivity index (χ1) is 9.04. The van der Waals surface area contributed by atoms with E-state index < -0.39 is 5.78 Å². The number of aromatic nitrogens is 3. The minimum absolute atomic E-state index is 0.0128. The lowest BCUT2D eigenvalue weighted by atomic mass is 10.1. The molecule has 0 aliphatic heterocycles. The van der Waals surface area contributed by atoms with Crippen LogP contribution in [0.1, 0.15) is 16.1 Å². The Bertz CT molecular complexity index is 648. The molecule has 1 N–H and O–H groups in total. The van der Waals surface area contributed by atoms with Gasteiger partial charge in [0.25, 0.3) is 0 Å². The molecule has 0 unspecified atom stereocenters. The second kappa shape index (κ2) is 5.69. The number of halogens is 3. The first kappa shape index (κ1) is 14.0. The fourth-order valence-electron chi connectivity index (χ4n) is 1.42. The molecule has 2 aromatic rings. The van der Waals surface area contributed by atoms with Gasteiger partial charge in [-0.05, 0) is 6.07 Å². The molecule has 8 heteroatoms. The van der Waals surface area contributed by atoms with E-state index in [4.69, 9.17) is 34.8 Å². The van der Waals surface area contributed by atoms with Crippen molar-refractivity contribution >= 4 is 46.4 Å². The molecule has 0 aliphatic rings. The van der Waals surface area contributed by atoms with Crippen LogP contribution in [0.5, 0.6) is 0 Å². The Kier molecular flexibility index (Phi) is 4.19. The van der Waals surface area contributed by atoms with Crippen molar-refractivity contribution in [1.82, 2.24) is 15.0 Å². The summed E-state index contributed by atoms with van der Waals surface area (Å²) in [5.74, 6) is -0.0522. The fraction of sp³-hybridized carbons (Fsp3) is 0.0909. The zero-order chi connectivity index (χ0) is 14.0. The molecule has 0 radical (unpaired) electrons. The maximum atomic E-state index is 12.3. The van der Waals surface area contributed by atoms with Gasteiger partial charge in [0.15, 0.2) is 5.15 Å². The Morgan fingerprint density at radius 3 is 2.63 bits per heavy atom. The smallest absolute Gasteiger partial charge is 0.216 e. The van der Waals surface area contributed by atoms with Crippen molar-refractivity contribution in [2.45, 2.75) is 0 Å². The molecular formula is C11H7Cl3N4O. The van der Waals surface area contributed by atoms with Gasteiger partial charge in [-0.1, -0.05) is 34.8 Å². The van der Waals surface area contributed by atoms with Crippen molar-refractivity contribution in [2.75, 3.05) is 12.4 Å². The van der Waals surface area contributed by atoms with Gasteiger partial charge >= 0.3 is 0 Å². The summed E-state index contributed by atoms with van der Waals surface area (Å²) in [4.78, 5) is 23.9. The molecule has 0 aliphatic carbocycles. The minimum atomic E-state index is -0.446. The van der Waals surface area contributed by atoms with Gasteiger partial charge in [-0.3, -0.25) is 4.79 Å². The van der Waals surface area contributed by atoms with Crippen LogP contribution < -0.4 is 5.32 Å².